The number of aryl methyl sites for hydroxylation is 2. The molecule has 3 aromatic heterocycles. The summed E-state index contributed by atoms with van der Waals surface area (Å²) in [4.78, 5) is 53.5. The van der Waals surface area contributed by atoms with Gasteiger partial charge in [0.25, 0.3) is 11.8 Å². The highest BCUT2D eigenvalue weighted by molar-refractivity contribution is 5.97. The summed E-state index contributed by atoms with van der Waals surface area (Å²) < 4.78 is 18.9. The van der Waals surface area contributed by atoms with Gasteiger partial charge < -0.3 is 35.1 Å². The third-order valence-corrected chi connectivity index (χ3v) is 11.5. The Hall–Kier alpha value is -6.06. The molecule has 15 heteroatoms. The van der Waals surface area contributed by atoms with Gasteiger partial charge in [-0.1, -0.05) is 37.3 Å². The minimum absolute atomic E-state index is 0.0213. The van der Waals surface area contributed by atoms with Crippen molar-refractivity contribution in [3.05, 3.63) is 101 Å². The Morgan fingerprint density at radius 2 is 1.62 bits per heavy atom. The number of nitrogens with one attached hydrogen (secondary N) is 3. The highest BCUT2D eigenvalue weighted by atomic mass is 16.6. The summed E-state index contributed by atoms with van der Waals surface area (Å²) in [6.45, 7) is 17.2. The molecular weight excluding hydrogens is 799 g/mol. The highest BCUT2D eigenvalue weighted by Gasteiger charge is 2.31. The molecule has 3 amide bonds. The number of aromatic nitrogens is 4. The van der Waals surface area contributed by atoms with Gasteiger partial charge in [0.1, 0.15) is 22.7 Å². The van der Waals surface area contributed by atoms with Crippen LogP contribution in [0.5, 0.6) is 5.75 Å². The molecule has 63 heavy (non-hydrogen) atoms. The minimum atomic E-state index is -0.536. The summed E-state index contributed by atoms with van der Waals surface area (Å²) in [6, 6.07) is 19.3. The zero-order valence-electron chi connectivity index (χ0n) is 37.6. The van der Waals surface area contributed by atoms with Crippen molar-refractivity contribution in [1.29, 1.82) is 0 Å². The number of piperazine rings is 1. The van der Waals surface area contributed by atoms with Crippen molar-refractivity contribution in [3.8, 4) is 16.9 Å². The van der Waals surface area contributed by atoms with Gasteiger partial charge in [0, 0.05) is 87.9 Å². The summed E-state index contributed by atoms with van der Waals surface area (Å²) in [5.74, 6) is -0.0806. The summed E-state index contributed by atoms with van der Waals surface area (Å²) in [6.07, 6.45) is 4.00. The quantitative estimate of drug-likeness (QED) is 0.106. The third kappa shape index (κ3) is 10.9. The lowest BCUT2D eigenvalue weighted by Gasteiger charge is -2.40. The molecule has 1 atom stereocenters. The molecule has 15 nitrogen and oxygen atoms in total. The van der Waals surface area contributed by atoms with Crippen LogP contribution in [0.15, 0.2) is 66.9 Å². The lowest BCUT2D eigenvalue weighted by atomic mass is 9.99. The van der Waals surface area contributed by atoms with Gasteiger partial charge in [0.15, 0.2) is 5.65 Å². The zero-order valence-corrected chi connectivity index (χ0v) is 37.6. The number of benzene rings is 2. The number of carbonyl (C=O) groups excluding carboxylic acids is 3. The van der Waals surface area contributed by atoms with E-state index in [4.69, 9.17) is 19.2 Å². The van der Waals surface area contributed by atoms with Crippen molar-refractivity contribution in [1.82, 2.24) is 40.2 Å². The zero-order chi connectivity index (χ0) is 44.7. The number of ether oxygens (including phenoxy) is 3. The van der Waals surface area contributed by atoms with Crippen molar-refractivity contribution in [3.63, 3.8) is 0 Å². The predicted octanol–water partition coefficient (Wildman–Crippen LogP) is 6.98. The molecule has 3 N–H and O–H groups in total. The minimum Gasteiger partial charge on any atom is -0.496 e. The van der Waals surface area contributed by atoms with Crippen LogP contribution >= 0.6 is 0 Å². The number of hydrogen-bond acceptors (Lipinski definition) is 11. The normalized spacial score (nSPS) is 16.2. The van der Waals surface area contributed by atoms with Crippen molar-refractivity contribution in [2.45, 2.75) is 105 Å². The van der Waals surface area contributed by atoms with Gasteiger partial charge in [-0.3, -0.25) is 14.5 Å². The largest absolute Gasteiger partial charge is 0.496 e. The topological polar surface area (TPSA) is 165 Å². The smallest absolute Gasteiger partial charge is 0.410 e. The maximum atomic E-state index is 13.6. The van der Waals surface area contributed by atoms with E-state index in [9.17, 15) is 14.4 Å². The molecule has 2 saturated heterocycles. The van der Waals surface area contributed by atoms with Crippen molar-refractivity contribution >= 4 is 34.6 Å². The van der Waals surface area contributed by atoms with Crippen molar-refractivity contribution in [2.24, 2.45) is 0 Å². The number of fused-ring (bicyclic) bond motifs is 1. The first-order chi connectivity index (χ1) is 30.3. The molecule has 5 aromatic rings. The average molecular weight is 860 g/mol. The number of anilines is 1. The lowest BCUT2D eigenvalue weighted by Crippen LogP contribution is -2.54. The predicted molar refractivity (Wildman–Crippen MR) is 243 cm³/mol. The monoisotopic (exact) mass is 859 g/mol. The third-order valence-electron chi connectivity index (χ3n) is 11.5. The fraction of sp³-hybridized carbons (Fsp3) is 0.458. The second-order valence-electron chi connectivity index (χ2n) is 17.3. The molecule has 2 aromatic carbocycles. The second-order valence-corrected chi connectivity index (χ2v) is 17.3. The van der Waals surface area contributed by atoms with Gasteiger partial charge in [-0.15, -0.1) is 0 Å². The number of methoxy groups -OCH3 is 1. The van der Waals surface area contributed by atoms with E-state index >= 15 is 0 Å². The van der Waals surface area contributed by atoms with Gasteiger partial charge in [-0.25, -0.2) is 19.4 Å². The van der Waals surface area contributed by atoms with E-state index in [1.807, 2.05) is 67.7 Å². The fourth-order valence-electron chi connectivity index (χ4n) is 8.27. The highest BCUT2D eigenvalue weighted by Crippen LogP contribution is 2.33. The summed E-state index contributed by atoms with van der Waals surface area (Å²) >= 11 is 0. The Morgan fingerprint density at radius 3 is 2.30 bits per heavy atom. The number of hydrogen-bond donors (Lipinski definition) is 3. The Bertz CT molecular complexity index is 2420. The van der Waals surface area contributed by atoms with E-state index < -0.39 is 17.4 Å². The van der Waals surface area contributed by atoms with Gasteiger partial charge in [-0.2, -0.15) is 5.10 Å². The molecule has 7 rings (SSSR count). The number of pyridine rings is 2. The Kier molecular flexibility index (Phi) is 14.3. The number of carbonyl (C=O) groups is 3. The average Bonchev–Trinajstić information content (AvgIpc) is 3.70. The first-order valence-corrected chi connectivity index (χ1v) is 22.1. The van der Waals surface area contributed by atoms with E-state index in [1.165, 1.54) is 0 Å². The summed E-state index contributed by atoms with van der Waals surface area (Å²) in [7, 11) is 1.65. The molecule has 334 valence electrons. The lowest BCUT2D eigenvalue weighted by molar-refractivity contribution is 0.000540. The van der Waals surface area contributed by atoms with Crippen LogP contribution in [0.3, 0.4) is 0 Å². The van der Waals surface area contributed by atoms with Gasteiger partial charge in [0.05, 0.1) is 24.4 Å². The molecule has 2 aliphatic rings. The van der Waals surface area contributed by atoms with Crippen LogP contribution in [0.1, 0.15) is 97.7 Å². The standard InChI is InChI=1S/C48H61N9O6/c1-8-39-37(43(52-35-18-22-62-23-19-35)38-28-51-57(9-2)44(38)54-39)27-50-46(59)41-15-11-14-40(53-41)45(58)49-26-32-16-17-42(61-7)36(25-32)34-13-10-12-33(24-34)30-55-20-21-56(31(3)29-55)47(60)63-48(4,5)6/h10-17,24-25,28,31,35H,8-9,18-23,26-27,29-30H2,1-7H3,(H,49,58)(H,50,59)(H,52,54)/t31-/m0/s1. The van der Waals surface area contributed by atoms with E-state index in [-0.39, 0.29) is 42.7 Å². The SMILES string of the molecule is CCc1nc2c(cnn2CC)c(NC2CCOCC2)c1CNC(=O)c1cccc(C(=O)NCc2ccc(OC)c(-c3cccc(CN4CCN(C(=O)OC(C)(C)C)[C@@H](C)C4)c3)c2)n1. The van der Waals surface area contributed by atoms with Crippen LogP contribution in [0, 0.1) is 0 Å². The van der Waals surface area contributed by atoms with Gasteiger partial charge >= 0.3 is 6.09 Å². The van der Waals surface area contributed by atoms with Gasteiger partial charge in [0.2, 0.25) is 0 Å². The molecule has 2 fully saturated rings. The molecule has 0 aliphatic carbocycles. The maximum absolute atomic E-state index is 13.6. The first kappa shape index (κ1) is 45.0. The molecule has 0 spiro atoms. The van der Waals surface area contributed by atoms with E-state index in [0.29, 0.717) is 38.5 Å². The Labute approximate surface area is 369 Å². The first-order valence-electron chi connectivity index (χ1n) is 22.1. The van der Waals surface area contributed by atoms with Crippen LogP contribution < -0.4 is 20.7 Å². The van der Waals surface area contributed by atoms with E-state index in [0.717, 1.165) is 82.7 Å². The van der Waals surface area contributed by atoms with Crippen LogP contribution in [-0.4, -0.2) is 105 Å². The van der Waals surface area contributed by atoms with Gasteiger partial charge in [-0.05, 0) is 101 Å². The van der Waals surface area contributed by atoms with Crippen molar-refractivity contribution in [2.75, 3.05) is 45.3 Å². The number of amides is 3. The Balaban J connectivity index is 0.994. The van der Waals surface area contributed by atoms with Crippen LogP contribution in [-0.2, 0) is 42.1 Å². The molecule has 0 saturated carbocycles. The van der Waals surface area contributed by atoms with Crippen LogP contribution in [0.4, 0.5) is 10.5 Å². The van der Waals surface area contributed by atoms with E-state index in [1.54, 1.807) is 25.3 Å². The molecule has 0 radical (unpaired) electrons. The number of rotatable bonds is 14. The second kappa shape index (κ2) is 20.0. The van der Waals surface area contributed by atoms with Crippen molar-refractivity contribution < 1.29 is 28.6 Å². The molecule has 0 unspecified atom stereocenters. The molecule has 0 bridgehead atoms. The Morgan fingerprint density at radius 1 is 0.889 bits per heavy atom. The van der Waals surface area contributed by atoms with E-state index in [2.05, 4.69) is 63.0 Å². The molecule has 5 heterocycles. The fourth-order valence-corrected chi connectivity index (χ4v) is 8.27. The molecule has 2 aliphatic heterocycles. The van der Waals surface area contributed by atoms with Crippen LogP contribution in [0.25, 0.3) is 22.2 Å². The van der Waals surface area contributed by atoms with Crippen LogP contribution in [0.2, 0.25) is 0 Å². The maximum Gasteiger partial charge on any atom is 0.410 e. The molecular formula is C48H61N9O6. The number of nitrogens with zero attached hydrogens (tertiary/aromatic N) is 6. The summed E-state index contributed by atoms with van der Waals surface area (Å²) in [5, 5.41) is 15.3. The summed E-state index contributed by atoms with van der Waals surface area (Å²) in [5.41, 5.74) is 7.17.